The van der Waals surface area contributed by atoms with Gasteiger partial charge in [-0.25, -0.2) is 0 Å². The highest BCUT2D eigenvalue weighted by Gasteiger charge is 2.27. The predicted octanol–water partition coefficient (Wildman–Crippen LogP) is 1.86. The molecule has 0 saturated carbocycles. The number of rotatable bonds is 3. The second-order valence-electron chi connectivity index (χ2n) is 4.32. The highest BCUT2D eigenvalue weighted by Crippen LogP contribution is 2.15. The zero-order valence-electron chi connectivity index (χ0n) is 10.7. The van der Waals surface area contributed by atoms with E-state index in [1.807, 2.05) is 31.2 Å². The number of amides is 1. The molecule has 19 heavy (non-hydrogen) atoms. The molecular formula is C13H18BrClN2O2. The molecule has 0 bridgehead atoms. The molecule has 1 saturated heterocycles. The smallest absolute Gasteiger partial charge is 0.240 e. The van der Waals surface area contributed by atoms with Gasteiger partial charge in [-0.2, -0.15) is 0 Å². The van der Waals surface area contributed by atoms with Crippen molar-refractivity contribution in [2.45, 2.75) is 25.6 Å². The van der Waals surface area contributed by atoms with Crippen molar-refractivity contribution in [2.75, 3.05) is 13.2 Å². The van der Waals surface area contributed by atoms with Crippen molar-refractivity contribution in [3.63, 3.8) is 0 Å². The minimum atomic E-state index is -0.263. The topological polar surface area (TPSA) is 50.4 Å². The maximum atomic E-state index is 12.0. The van der Waals surface area contributed by atoms with Crippen LogP contribution < -0.4 is 10.6 Å². The summed E-state index contributed by atoms with van der Waals surface area (Å²) in [4.78, 5) is 12.0. The van der Waals surface area contributed by atoms with E-state index < -0.39 is 0 Å². The van der Waals surface area contributed by atoms with Crippen LogP contribution in [0.15, 0.2) is 28.7 Å². The number of morpholine rings is 1. The molecule has 106 valence electrons. The number of ether oxygens (including phenoxy) is 1. The SMILES string of the molecule is C[C@H]1OCCN[C@@H]1C(=O)NCc1ccccc1Br.Cl. The Labute approximate surface area is 127 Å². The Hall–Kier alpha value is -0.620. The van der Waals surface area contributed by atoms with Crippen LogP contribution >= 0.6 is 28.3 Å². The zero-order chi connectivity index (χ0) is 13.0. The van der Waals surface area contributed by atoms with Crippen molar-refractivity contribution in [3.8, 4) is 0 Å². The van der Waals surface area contributed by atoms with Crippen molar-refractivity contribution in [3.05, 3.63) is 34.3 Å². The molecule has 1 aliphatic rings. The monoisotopic (exact) mass is 348 g/mol. The number of nitrogens with one attached hydrogen (secondary N) is 2. The summed E-state index contributed by atoms with van der Waals surface area (Å²) in [5.41, 5.74) is 1.07. The van der Waals surface area contributed by atoms with Crippen LogP contribution in [-0.2, 0) is 16.1 Å². The molecule has 6 heteroatoms. The lowest BCUT2D eigenvalue weighted by molar-refractivity contribution is -0.129. The van der Waals surface area contributed by atoms with E-state index >= 15 is 0 Å². The molecule has 1 aromatic rings. The first kappa shape index (κ1) is 16.4. The second kappa shape index (κ2) is 7.85. The van der Waals surface area contributed by atoms with Crippen LogP contribution in [0.3, 0.4) is 0 Å². The first-order valence-corrected chi connectivity index (χ1v) is 6.84. The van der Waals surface area contributed by atoms with Gasteiger partial charge in [0.2, 0.25) is 5.91 Å². The number of carbonyl (C=O) groups excluding carboxylic acids is 1. The van der Waals surface area contributed by atoms with Crippen molar-refractivity contribution in [1.82, 2.24) is 10.6 Å². The van der Waals surface area contributed by atoms with E-state index in [4.69, 9.17) is 4.74 Å². The molecule has 1 heterocycles. The van der Waals surface area contributed by atoms with Crippen LogP contribution in [0.25, 0.3) is 0 Å². The summed E-state index contributed by atoms with van der Waals surface area (Å²) < 4.78 is 6.46. The van der Waals surface area contributed by atoms with Crippen molar-refractivity contribution in [2.24, 2.45) is 0 Å². The van der Waals surface area contributed by atoms with E-state index in [0.29, 0.717) is 13.2 Å². The molecular weight excluding hydrogens is 332 g/mol. The van der Waals surface area contributed by atoms with Crippen LogP contribution in [0.4, 0.5) is 0 Å². The van der Waals surface area contributed by atoms with Gasteiger partial charge in [-0.1, -0.05) is 34.1 Å². The summed E-state index contributed by atoms with van der Waals surface area (Å²) in [6.07, 6.45) is -0.0852. The van der Waals surface area contributed by atoms with Gasteiger partial charge in [0.25, 0.3) is 0 Å². The number of hydrogen-bond acceptors (Lipinski definition) is 3. The molecule has 0 aromatic heterocycles. The largest absolute Gasteiger partial charge is 0.375 e. The quantitative estimate of drug-likeness (QED) is 0.876. The number of halogens is 2. The summed E-state index contributed by atoms with van der Waals surface area (Å²) in [7, 11) is 0. The number of benzene rings is 1. The van der Waals surface area contributed by atoms with Gasteiger partial charge in [0.15, 0.2) is 0 Å². The fourth-order valence-corrected chi connectivity index (χ4v) is 2.39. The molecule has 4 nitrogen and oxygen atoms in total. The van der Waals surface area contributed by atoms with Crippen LogP contribution in [0, 0.1) is 0 Å². The summed E-state index contributed by atoms with van der Waals surface area (Å²) in [6.45, 7) is 3.81. The first-order chi connectivity index (χ1) is 8.68. The van der Waals surface area contributed by atoms with E-state index in [0.717, 1.165) is 16.6 Å². The molecule has 0 unspecified atom stereocenters. The summed E-state index contributed by atoms with van der Waals surface area (Å²) in [5, 5.41) is 6.10. The third-order valence-electron chi connectivity index (χ3n) is 3.01. The lowest BCUT2D eigenvalue weighted by atomic mass is 10.1. The van der Waals surface area contributed by atoms with Crippen molar-refractivity contribution in [1.29, 1.82) is 0 Å². The lowest BCUT2D eigenvalue weighted by Gasteiger charge is -2.29. The number of hydrogen-bond donors (Lipinski definition) is 2. The van der Waals surface area contributed by atoms with Crippen LogP contribution in [0.1, 0.15) is 12.5 Å². The molecule has 2 atom stereocenters. The molecule has 0 radical (unpaired) electrons. The van der Waals surface area contributed by atoms with E-state index in [9.17, 15) is 4.79 Å². The standard InChI is InChI=1S/C13H17BrN2O2.ClH/c1-9-12(15-6-7-18-9)13(17)16-8-10-4-2-3-5-11(10)14;/h2-5,9,12,15H,6-8H2,1H3,(H,16,17);1H/t9-,12+;/m1./s1. The van der Waals surface area contributed by atoms with Crippen molar-refractivity contribution >= 4 is 34.2 Å². The highest BCUT2D eigenvalue weighted by atomic mass is 79.9. The van der Waals surface area contributed by atoms with Crippen LogP contribution in [0.5, 0.6) is 0 Å². The molecule has 0 spiro atoms. The van der Waals surface area contributed by atoms with Crippen molar-refractivity contribution < 1.29 is 9.53 Å². The number of carbonyl (C=O) groups is 1. The molecule has 2 N–H and O–H groups in total. The maximum absolute atomic E-state index is 12.0. The minimum absolute atomic E-state index is 0. The van der Waals surface area contributed by atoms with Crippen LogP contribution in [0.2, 0.25) is 0 Å². The summed E-state index contributed by atoms with van der Waals surface area (Å²) >= 11 is 3.46. The minimum Gasteiger partial charge on any atom is -0.375 e. The van der Waals surface area contributed by atoms with Gasteiger partial charge in [-0.3, -0.25) is 4.79 Å². The third kappa shape index (κ3) is 4.45. The molecule has 0 aliphatic carbocycles. The summed E-state index contributed by atoms with van der Waals surface area (Å²) in [6, 6.07) is 7.59. The van der Waals surface area contributed by atoms with Gasteiger partial charge in [0.05, 0.1) is 12.7 Å². The van der Waals surface area contributed by atoms with Gasteiger partial charge in [-0.15, -0.1) is 12.4 Å². The Kier molecular flexibility index (Phi) is 6.79. The van der Waals surface area contributed by atoms with Gasteiger partial charge in [0, 0.05) is 17.6 Å². The Morgan fingerprint density at radius 3 is 2.95 bits per heavy atom. The van der Waals surface area contributed by atoms with Gasteiger partial charge >= 0.3 is 0 Å². The van der Waals surface area contributed by atoms with Gasteiger partial charge in [0.1, 0.15) is 6.04 Å². The fourth-order valence-electron chi connectivity index (χ4n) is 1.96. The Morgan fingerprint density at radius 2 is 2.26 bits per heavy atom. The van der Waals surface area contributed by atoms with Gasteiger partial charge < -0.3 is 15.4 Å². The zero-order valence-corrected chi connectivity index (χ0v) is 13.1. The average Bonchev–Trinajstić information content (AvgIpc) is 2.38. The van der Waals surface area contributed by atoms with E-state index in [-0.39, 0.29) is 30.5 Å². The summed E-state index contributed by atoms with van der Waals surface area (Å²) in [5.74, 6) is -0.0158. The molecule has 2 rings (SSSR count). The molecule has 1 aliphatic heterocycles. The van der Waals surface area contributed by atoms with E-state index in [1.54, 1.807) is 0 Å². The third-order valence-corrected chi connectivity index (χ3v) is 3.78. The molecule has 1 aromatic carbocycles. The molecule has 1 amide bonds. The highest BCUT2D eigenvalue weighted by molar-refractivity contribution is 9.10. The Bertz CT molecular complexity index is 431. The Balaban J connectivity index is 0.00000180. The van der Waals surface area contributed by atoms with E-state index in [2.05, 4.69) is 26.6 Å². The first-order valence-electron chi connectivity index (χ1n) is 6.04. The Morgan fingerprint density at radius 1 is 1.53 bits per heavy atom. The van der Waals surface area contributed by atoms with Crippen LogP contribution in [-0.4, -0.2) is 31.2 Å². The maximum Gasteiger partial charge on any atom is 0.240 e. The normalized spacial score (nSPS) is 22.4. The van der Waals surface area contributed by atoms with Gasteiger partial charge in [-0.05, 0) is 18.6 Å². The predicted molar refractivity (Wildman–Crippen MR) is 80.4 cm³/mol. The average molecular weight is 350 g/mol. The second-order valence-corrected chi connectivity index (χ2v) is 5.17. The molecule has 1 fully saturated rings. The van der Waals surface area contributed by atoms with E-state index in [1.165, 1.54) is 0 Å². The fraction of sp³-hybridized carbons (Fsp3) is 0.462. The lowest BCUT2D eigenvalue weighted by Crippen LogP contribution is -2.55.